The van der Waals surface area contributed by atoms with Gasteiger partial charge in [-0.25, -0.2) is 0 Å². The van der Waals surface area contributed by atoms with Gasteiger partial charge in [0.1, 0.15) is 11.8 Å². The third-order valence-corrected chi connectivity index (χ3v) is 5.14. The van der Waals surface area contributed by atoms with E-state index >= 15 is 0 Å². The number of carbonyl (C=O) groups is 1. The number of rotatable bonds is 4. The molecule has 0 N–H and O–H groups in total. The summed E-state index contributed by atoms with van der Waals surface area (Å²) in [5.41, 5.74) is 2.72. The maximum Gasteiger partial charge on any atom is 0.257 e. The Kier molecular flexibility index (Phi) is 4.29. The van der Waals surface area contributed by atoms with Gasteiger partial charge < -0.3 is 14.1 Å². The predicted octanol–water partition coefficient (Wildman–Crippen LogP) is 2.40. The summed E-state index contributed by atoms with van der Waals surface area (Å²) >= 11 is 0. The average molecular weight is 328 g/mol. The van der Waals surface area contributed by atoms with Crippen LogP contribution in [0.5, 0.6) is 0 Å². The first kappa shape index (κ1) is 15.7. The lowest BCUT2D eigenvalue weighted by molar-refractivity contribution is 0.00718. The molecule has 0 radical (unpaired) electrons. The molecule has 2 fully saturated rings. The van der Waals surface area contributed by atoms with Gasteiger partial charge in [0.25, 0.3) is 5.91 Å². The van der Waals surface area contributed by atoms with E-state index in [0.29, 0.717) is 11.5 Å². The molecule has 2 saturated heterocycles. The molecule has 128 valence electrons. The van der Waals surface area contributed by atoms with Crippen LogP contribution in [0.2, 0.25) is 0 Å². The molecule has 0 unspecified atom stereocenters. The van der Waals surface area contributed by atoms with E-state index in [2.05, 4.69) is 24.0 Å². The van der Waals surface area contributed by atoms with Gasteiger partial charge in [0.2, 0.25) is 0 Å². The van der Waals surface area contributed by atoms with Crippen molar-refractivity contribution in [2.45, 2.75) is 13.3 Å². The van der Waals surface area contributed by atoms with Gasteiger partial charge in [0, 0.05) is 44.0 Å². The Labute approximate surface area is 142 Å². The van der Waals surface area contributed by atoms with E-state index in [0.717, 1.165) is 63.3 Å². The number of morpholine rings is 1. The summed E-state index contributed by atoms with van der Waals surface area (Å²) in [5, 5.41) is 0.941. The second kappa shape index (κ2) is 6.57. The Hall–Kier alpha value is -1.85. The molecule has 0 spiro atoms. The lowest BCUT2D eigenvalue weighted by Gasteiger charge is -2.42. The van der Waals surface area contributed by atoms with Crippen molar-refractivity contribution >= 4 is 16.9 Å². The van der Waals surface area contributed by atoms with Crippen LogP contribution in [0.1, 0.15) is 22.8 Å². The molecule has 1 aromatic carbocycles. The Balaban J connectivity index is 1.40. The minimum Gasteiger partial charge on any atom is -0.463 e. The summed E-state index contributed by atoms with van der Waals surface area (Å²) < 4.78 is 11.0. The molecule has 24 heavy (non-hydrogen) atoms. The summed E-state index contributed by atoms with van der Waals surface area (Å²) in [6.45, 7) is 8.56. The Morgan fingerprint density at radius 2 is 2.04 bits per heavy atom. The Bertz CT molecular complexity index is 727. The molecule has 5 heteroatoms. The van der Waals surface area contributed by atoms with Gasteiger partial charge in [-0.3, -0.25) is 9.69 Å². The van der Waals surface area contributed by atoms with Gasteiger partial charge in [-0.2, -0.15) is 0 Å². The van der Waals surface area contributed by atoms with E-state index < -0.39 is 0 Å². The van der Waals surface area contributed by atoms with Crippen molar-refractivity contribution in [3.05, 3.63) is 35.6 Å². The fraction of sp³-hybridized carbons (Fsp3) is 0.526. The second-order valence-electron chi connectivity index (χ2n) is 6.82. The second-order valence-corrected chi connectivity index (χ2v) is 6.82. The van der Waals surface area contributed by atoms with E-state index in [4.69, 9.17) is 9.15 Å². The van der Waals surface area contributed by atoms with Gasteiger partial charge in [-0.1, -0.05) is 13.0 Å². The van der Waals surface area contributed by atoms with E-state index in [1.165, 1.54) is 5.56 Å². The first-order valence-electron chi connectivity index (χ1n) is 8.84. The van der Waals surface area contributed by atoms with Gasteiger partial charge >= 0.3 is 0 Å². The minimum atomic E-state index is 0.0974. The zero-order chi connectivity index (χ0) is 16.5. The number of amides is 1. The normalized spacial score (nSPS) is 19.6. The van der Waals surface area contributed by atoms with Crippen molar-refractivity contribution in [2.75, 3.05) is 45.9 Å². The monoisotopic (exact) mass is 328 g/mol. The van der Waals surface area contributed by atoms with Crippen molar-refractivity contribution in [1.29, 1.82) is 0 Å². The van der Waals surface area contributed by atoms with Crippen LogP contribution in [-0.4, -0.2) is 61.6 Å². The quantitative estimate of drug-likeness (QED) is 0.865. The van der Waals surface area contributed by atoms with Gasteiger partial charge in [0.15, 0.2) is 0 Å². The van der Waals surface area contributed by atoms with Crippen LogP contribution in [0.25, 0.3) is 11.0 Å². The van der Waals surface area contributed by atoms with Crippen LogP contribution in [0.3, 0.4) is 0 Å². The van der Waals surface area contributed by atoms with Crippen LogP contribution in [0.4, 0.5) is 0 Å². The molecule has 4 rings (SSSR count). The fourth-order valence-corrected chi connectivity index (χ4v) is 3.63. The number of furan rings is 1. The molecule has 0 saturated carbocycles. The summed E-state index contributed by atoms with van der Waals surface area (Å²) in [5.74, 6) is 0.677. The zero-order valence-electron chi connectivity index (χ0n) is 14.2. The largest absolute Gasteiger partial charge is 0.463 e. The lowest BCUT2D eigenvalue weighted by atomic mass is 9.97. The molecular formula is C19H24N2O3. The SMILES string of the molecule is CCc1ccc2occ(C(=O)N3CC(CN4CCOCC4)C3)c2c1. The maximum atomic E-state index is 12.8. The number of hydrogen-bond acceptors (Lipinski definition) is 4. The average Bonchev–Trinajstić information content (AvgIpc) is 3.01. The highest BCUT2D eigenvalue weighted by Crippen LogP contribution is 2.27. The van der Waals surface area contributed by atoms with Crippen molar-refractivity contribution < 1.29 is 13.9 Å². The van der Waals surface area contributed by atoms with Gasteiger partial charge in [-0.15, -0.1) is 0 Å². The molecule has 0 bridgehead atoms. The number of fused-ring (bicyclic) bond motifs is 1. The molecule has 2 aliphatic heterocycles. The number of likely N-dealkylation sites (tertiary alicyclic amines) is 1. The van der Waals surface area contributed by atoms with Crippen molar-refractivity contribution in [3.8, 4) is 0 Å². The minimum absolute atomic E-state index is 0.0974. The number of ether oxygens (including phenoxy) is 1. The van der Waals surface area contributed by atoms with Crippen LogP contribution >= 0.6 is 0 Å². The summed E-state index contributed by atoms with van der Waals surface area (Å²) in [4.78, 5) is 17.2. The molecule has 0 aliphatic carbocycles. The standard InChI is InChI=1S/C19H24N2O3/c1-2-14-3-4-18-16(9-14)17(13-24-18)19(22)21-11-15(12-21)10-20-5-7-23-8-6-20/h3-4,9,13,15H,2,5-8,10-12H2,1H3. The lowest BCUT2D eigenvalue weighted by Crippen LogP contribution is -2.54. The third kappa shape index (κ3) is 2.94. The van der Waals surface area contributed by atoms with Crippen molar-refractivity contribution in [1.82, 2.24) is 9.80 Å². The number of benzene rings is 1. The number of nitrogens with zero attached hydrogens (tertiary/aromatic N) is 2. The summed E-state index contributed by atoms with van der Waals surface area (Å²) in [6, 6.07) is 6.10. The van der Waals surface area contributed by atoms with Crippen molar-refractivity contribution in [3.63, 3.8) is 0 Å². The van der Waals surface area contributed by atoms with E-state index in [1.807, 2.05) is 11.0 Å². The Morgan fingerprint density at radius 3 is 2.79 bits per heavy atom. The molecule has 1 amide bonds. The summed E-state index contributed by atoms with van der Waals surface area (Å²) in [6.07, 6.45) is 2.57. The van der Waals surface area contributed by atoms with E-state index in [9.17, 15) is 4.79 Å². The highest BCUT2D eigenvalue weighted by Gasteiger charge is 2.33. The molecule has 2 aromatic rings. The van der Waals surface area contributed by atoms with Gasteiger partial charge in [0.05, 0.1) is 18.8 Å². The zero-order valence-corrected chi connectivity index (χ0v) is 14.2. The predicted molar refractivity (Wildman–Crippen MR) is 92.2 cm³/mol. The smallest absolute Gasteiger partial charge is 0.257 e. The molecule has 2 aliphatic rings. The van der Waals surface area contributed by atoms with E-state index in [1.54, 1.807) is 6.26 Å². The first-order chi connectivity index (χ1) is 11.7. The molecule has 5 nitrogen and oxygen atoms in total. The molecule has 1 aromatic heterocycles. The topological polar surface area (TPSA) is 45.9 Å². The van der Waals surface area contributed by atoms with Gasteiger partial charge in [-0.05, 0) is 24.1 Å². The molecule has 0 atom stereocenters. The van der Waals surface area contributed by atoms with Crippen molar-refractivity contribution in [2.24, 2.45) is 5.92 Å². The summed E-state index contributed by atoms with van der Waals surface area (Å²) in [7, 11) is 0. The van der Waals surface area contributed by atoms with Crippen LogP contribution < -0.4 is 0 Å². The Morgan fingerprint density at radius 1 is 1.25 bits per heavy atom. The highest BCUT2D eigenvalue weighted by atomic mass is 16.5. The third-order valence-electron chi connectivity index (χ3n) is 5.14. The van der Waals surface area contributed by atoms with Crippen LogP contribution in [0, 0.1) is 5.92 Å². The van der Waals surface area contributed by atoms with Crippen LogP contribution in [0.15, 0.2) is 28.9 Å². The fourth-order valence-electron chi connectivity index (χ4n) is 3.63. The number of hydrogen-bond donors (Lipinski definition) is 0. The number of aryl methyl sites for hydroxylation is 1. The van der Waals surface area contributed by atoms with Crippen LogP contribution in [-0.2, 0) is 11.2 Å². The first-order valence-corrected chi connectivity index (χ1v) is 8.84. The highest BCUT2D eigenvalue weighted by molar-refractivity contribution is 6.06. The number of carbonyl (C=O) groups excluding carboxylic acids is 1. The molecular weight excluding hydrogens is 304 g/mol. The van der Waals surface area contributed by atoms with E-state index in [-0.39, 0.29) is 5.91 Å². The molecule has 3 heterocycles. The maximum absolute atomic E-state index is 12.8.